The van der Waals surface area contributed by atoms with E-state index < -0.39 is 24.6 Å². The first kappa shape index (κ1) is 16.8. The molecule has 0 saturated carbocycles. The minimum atomic E-state index is -4.44. The van der Waals surface area contributed by atoms with Crippen molar-refractivity contribution in [1.82, 2.24) is 5.32 Å². The van der Waals surface area contributed by atoms with Crippen molar-refractivity contribution in [2.24, 2.45) is 5.73 Å². The lowest BCUT2D eigenvalue weighted by atomic mass is 10.3. The number of benzene rings is 1. The summed E-state index contributed by atoms with van der Waals surface area (Å²) in [5, 5.41) is 4.66. The number of amides is 2. The van der Waals surface area contributed by atoms with Gasteiger partial charge < -0.3 is 21.1 Å². The average Bonchev–Trinajstić information content (AvgIpc) is 2.42. The van der Waals surface area contributed by atoms with E-state index in [1.807, 2.05) is 0 Å². The van der Waals surface area contributed by atoms with Crippen molar-refractivity contribution in [2.45, 2.75) is 6.18 Å². The number of carbonyl (C=O) groups excluding carboxylic acids is 2. The normalized spacial score (nSPS) is 10.9. The number of nitrogens with one attached hydrogen (secondary N) is 2. The molecule has 0 aliphatic rings. The molecule has 4 N–H and O–H groups in total. The summed E-state index contributed by atoms with van der Waals surface area (Å²) in [6.45, 7) is -1.95. The molecule has 0 saturated heterocycles. The van der Waals surface area contributed by atoms with Gasteiger partial charge in [0.25, 0.3) is 0 Å². The quantitative estimate of drug-likeness (QED) is 0.719. The Morgan fingerprint density at radius 2 is 1.95 bits per heavy atom. The molecule has 0 aliphatic heterocycles. The van der Waals surface area contributed by atoms with E-state index in [0.717, 1.165) is 0 Å². The van der Waals surface area contributed by atoms with Gasteiger partial charge in [-0.3, -0.25) is 9.59 Å². The molecule has 0 unspecified atom stereocenters. The van der Waals surface area contributed by atoms with Gasteiger partial charge in [0.15, 0.2) is 6.61 Å². The van der Waals surface area contributed by atoms with Gasteiger partial charge in [0, 0.05) is 11.8 Å². The lowest BCUT2D eigenvalue weighted by molar-refractivity contribution is -0.153. The number of ether oxygens (including phenoxy) is 1. The van der Waals surface area contributed by atoms with E-state index >= 15 is 0 Å². The molecular formula is C12H14F3N3O3. The Bertz CT molecular complexity index is 506. The molecule has 0 radical (unpaired) electrons. The van der Waals surface area contributed by atoms with E-state index in [9.17, 15) is 22.8 Å². The van der Waals surface area contributed by atoms with Crippen molar-refractivity contribution in [3.8, 4) is 5.75 Å². The van der Waals surface area contributed by atoms with Crippen molar-refractivity contribution in [3.05, 3.63) is 24.3 Å². The largest absolute Gasteiger partial charge is 0.484 e. The van der Waals surface area contributed by atoms with Gasteiger partial charge in [-0.2, -0.15) is 13.2 Å². The highest BCUT2D eigenvalue weighted by atomic mass is 19.4. The smallest absolute Gasteiger partial charge is 0.422 e. The number of carbonyl (C=O) groups is 2. The third-order valence-electron chi connectivity index (χ3n) is 2.15. The molecule has 6 nitrogen and oxygen atoms in total. The first-order valence-corrected chi connectivity index (χ1v) is 5.86. The summed E-state index contributed by atoms with van der Waals surface area (Å²) in [5.41, 5.74) is 5.30. The van der Waals surface area contributed by atoms with Gasteiger partial charge >= 0.3 is 6.18 Å². The average molecular weight is 305 g/mol. The molecule has 0 bridgehead atoms. The number of hydrogen-bond donors (Lipinski definition) is 3. The number of hydrogen-bond acceptors (Lipinski definition) is 4. The summed E-state index contributed by atoms with van der Waals surface area (Å²) in [5.74, 6) is -1.06. The van der Waals surface area contributed by atoms with Crippen LogP contribution in [0.15, 0.2) is 24.3 Å². The van der Waals surface area contributed by atoms with Crippen LogP contribution in [-0.4, -0.2) is 37.7 Å². The number of anilines is 1. The third kappa shape index (κ3) is 7.16. The molecule has 0 fully saturated rings. The first-order valence-electron chi connectivity index (χ1n) is 5.86. The monoisotopic (exact) mass is 305 g/mol. The Morgan fingerprint density at radius 1 is 1.24 bits per heavy atom. The maximum atomic E-state index is 12.0. The molecule has 0 aromatic heterocycles. The summed E-state index contributed by atoms with van der Waals surface area (Å²) < 4.78 is 40.6. The molecule has 21 heavy (non-hydrogen) atoms. The van der Waals surface area contributed by atoms with Crippen LogP contribution < -0.4 is 21.1 Å². The number of alkyl halides is 3. The second-order valence-electron chi connectivity index (χ2n) is 3.96. The van der Waals surface area contributed by atoms with Crippen molar-refractivity contribution in [1.29, 1.82) is 0 Å². The fourth-order valence-electron chi connectivity index (χ4n) is 1.29. The minimum absolute atomic E-state index is 0.0314. The van der Waals surface area contributed by atoms with Gasteiger partial charge in [-0.05, 0) is 12.1 Å². The van der Waals surface area contributed by atoms with Crippen LogP contribution in [-0.2, 0) is 9.59 Å². The molecule has 0 heterocycles. The van der Waals surface area contributed by atoms with Crippen molar-refractivity contribution >= 4 is 17.5 Å². The Kier molecular flexibility index (Phi) is 5.97. The van der Waals surface area contributed by atoms with Crippen LogP contribution in [0.25, 0.3) is 0 Å². The van der Waals surface area contributed by atoms with Crippen LogP contribution in [0, 0.1) is 0 Å². The minimum Gasteiger partial charge on any atom is -0.484 e. The summed E-state index contributed by atoms with van der Waals surface area (Å²) in [6.07, 6.45) is -4.44. The van der Waals surface area contributed by atoms with Gasteiger partial charge in [0.2, 0.25) is 11.8 Å². The Morgan fingerprint density at radius 3 is 2.57 bits per heavy atom. The van der Waals surface area contributed by atoms with E-state index in [1.165, 1.54) is 24.3 Å². The molecule has 0 spiro atoms. The molecule has 1 rings (SSSR count). The van der Waals surface area contributed by atoms with Crippen molar-refractivity contribution < 1.29 is 27.5 Å². The number of halogens is 3. The van der Waals surface area contributed by atoms with E-state index in [0.29, 0.717) is 0 Å². The molecule has 9 heteroatoms. The summed E-state index contributed by atoms with van der Waals surface area (Å²) in [4.78, 5) is 22.3. The fraction of sp³-hybridized carbons (Fsp3) is 0.333. The number of nitrogens with two attached hydrogens (primary N) is 1. The second-order valence-corrected chi connectivity index (χ2v) is 3.96. The topological polar surface area (TPSA) is 93.5 Å². The van der Waals surface area contributed by atoms with E-state index in [-0.39, 0.29) is 24.5 Å². The Balaban J connectivity index is 2.52. The van der Waals surface area contributed by atoms with Gasteiger partial charge in [-0.25, -0.2) is 0 Å². The van der Waals surface area contributed by atoms with E-state index in [4.69, 9.17) is 5.73 Å². The molecular weight excluding hydrogens is 291 g/mol. The van der Waals surface area contributed by atoms with Gasteiger partial charge in [0.05, 0.1) is 13.1 Å². The van der Waals surface area contributed by atoms with Crippen LogP contribution in [0.4, 0.5) is 18.9 Å². The van der Waals surface area contributed by atoms with Gasteiger partial charge in [-0.1, -0.05) is 6.07 Å². The summed E-state index contributed by atoms with van der Waals surface area (Å²) in [6, 6.07) is 5.48. The highest BCUT2D eigenvalue weighted by Crippen LogP contribution is 2.21. The maximum Gasteiger partial charge on any atom is 0.422 e. The molecule has 116 valence electrons. The maximum absolute atomic E-state index is 12.0. The highest BCUT2D eigenvalue weighted by Gasteiger charge is 2.28. The van der Waals surface area contributed by atoms with Crippen LogP contribution in [0.5, 0.6) is 5.75 Å². The molecule has 1 aromatic rings. The Hall–Kier alpha value is -2.29. The summed E-state index contributed by atoms with van der Waals surface area (Å²) in [7, 11) is 0. The second kappa shape index (κ2) is 7.48. The zero-order chi connectivity index (χ0) is 15.9. The Labute approximate surface area is 118 Å². The number of rotatable bonds is 6. The standard InChI is InChI=1S/C12H14F3N3O3/c13-12(14,15)7-21-9-3-1-2-8(4-9)18-11(20)6-17-10(19)5-16/h1-4H,5-7,16H2,(H,17,19)(H,18,20). The summed E-state index contributed by atoms with van der Waals surface area (Å²) >= 11 is 0. The predicted molar refractivity (Wildman–Crippen MR) is 68.7 cm³/mol. The van der Waals surface area contributed by atoms with Crippen molar-refractivity contribution in [2.75, 3.05) is 25.0 Å². The van der Waals surface area contributed by atoms with E-state index in [1.54, 1.807) is 0 Å². The lowest BCUT2D eigenvalue weighted by Gasteiger charge is -2.11. The van der Waals surface area contributed by atoms with E-state index in [2.05, 4.69) is 15.4 Å². The predicted octanol–water partition coefficient (Wildman–Crippen LogP) is 0.641. The zero-order valence-electron chi connectivity index (χ0n) is 10.9. The molecule has 0 aliphatic carbocycles. The van der Waals surface area contributed by atoms with Crippen LogP contribution >= 0.6 is 0 Å². The van der Waals surface area contributed by atoms with Crippen molar-refractivity contribution in [3.63, 3.8) is 0 Å². The zero-order valence-corrected chi connectivity index (χ0v) is 10.9. The SMILES string of the molecule is NCC(=O)NCC(=O)Nc1cccc(OCC(F)(F)F)c1. The van der Waals surface area contributed by atoms with Crippen LogP contribution in [0.2, 0.25) is 0 Å². The van der Waals surface area contributed by atoms with Crippen LogP contribution in [0.1, 0.15) is 0 Å². The van der Waals surface area contributed by atoms with Gasteiger partial charge in [0.1, 0.15) is 5.75 Å². The molecule has 2 amide bonds. The highest BCUT2D eigenvalue weighted by molar-refractivity contribution is 5.94. The lowest BCUT2D eigenvalue weighted by Crippen LogP contribution is -2.36. The fourth-order valence-corrected chi connectivity index (χ4v) is 1.29. The van der Waals surface area contributed by atoms with Crippen LogP contribution in [0.3, 0.4) is 0 Å². The third-order valence-corrected chi connectivity index (χ3v) is 2.15. The first-order chi connectivity index (χ1) is 9.80. The van der Waals surface area contributed by atoms with Gasteiger partial charge in [-0.15, -0.1) is 0 Å². The molecule has 1 aromatic carbocycles. The molecule has 0 atom stereocenters.